The summed E-state index contributed by atoms with van der Waals surface area (Å²) in [4.78, 5) is 15.8. The predicted molar refractivity (Wildman–Crippen MR) is 81.5 cm³/mol. The lowest BCUT2D eigenvalue weighted by Gasteiger charge is -2.37. The summed E-state index contributed by atoms with van der Waals surface area (Å²) in [5, 5.41) is 9.61. The van der Waals surface area contributed by atoms with Crippen LogP contribution in [0, 0.1) is 5.82 Å². The second-order valence-corrected chi connectivity index (χ2v) is 5.25. The molecule has 1 saturated heterocycles. The molecule has 0 bridgehead atoms. The second-order valence-electron chi connectivity index (χ2n) is 5.25. The summed E-state index contributed by atoms with van der Waals surface area (Å²) >= 11 is 0. The van der Waals surface area contributed by atoms with Crippen molar-refractivity contribution >= 4 is 5.97 Å². The molecule has 0 radical (unpaired) electrons. The Morgan fingerprint density at radius 2 is 2.14 bits per heavy atom. The first kappa shape index (κ1) is 16.5. The number of ether oxygens (including phenoxy) is 1. The SMILES string of the molecule is C=CCN1CCN(C(C(=O)O)c2cc(F)ccc2OC)CC1. The molecular formula is C16H21FN2O3. The number of carbonyl (C=O) groups is 1. The highest BCUT2D eigenvalue weighted by Gasteiger charge is 2.32. The number of piperazine rings is 1. The van der Waals surface area contributed by atoms with Crippen LogP contribution in [0.15, 0.2) is 30.9 Å². The molecule has 120 valence electrons. The Kier molecular flexibility index (Phi) is 5.51. The number of carboxylic acids is 1. The van der Waals surface area contributed by atoms with Crippen molar-refractivity contribution in [3.8, 4) is 5.75 Å². The third kappa shape index (κ3) is 3.64. The number of nitrogens with zero attached hydrogens (tertiary/aromatic N) is 2. The van der Waals surface area contributed by atoms with Crippen molar-refractivity contribution in [2.75, 3.05) is 39.8 Å². The zero-order valence-electron chi connectivity index (χ0n) is 12.7. The molecule has 1 aromatic carbocycles. The van der Waals surface area contributed by atoms with E-state index in [-0.39, 0.29) is 0 Å². The molecule has 1 aliphatic heterocycles. The Morgan fingerprint density at radius 1 is 1.45 bits per heavy atom. The average molecular weight is 308 g/mol. The minimum Gasteiger partial charge on any atom is -0.496 e. The third-order valence-corrected chi connectivity index (χ3v) is 3.88. The van der Waals surface area contributed by atoms with Gasteiger partial charge in [-0.2, -0.15) is 0 Å². The van der Waals surface area contributed by atoms with E-state index in [4.69, 9.17) is 4.74 Å². The quantitative estimate of drug-likeness (QED) is 0.812. The summed E-state index contributed by atoms with van der Waals surface area (Å²) in [6.07, 6.45) is 1.83. The standard InChI is InChI=1S/C16H21FN2O3/c1-3-6-18-7-9-19(10-8-18)15(16(20)21)13-11-12(17)4-5-14(13)22-2/h3-5,11,15H,1,6-10H2,2H3,(H,20,21). The highest BCUT2D eigenvalue weighted by Crippen LogP contribution is 2.31. The van der Waals surface area contributed by atoms with Gasteiger partial charge in [-0.25, -0.2) is 4.39 Å². The van der Waals surface area contributed by atoms with E-state index < -0.39 is 17.8 Å². The number of carboxylic acid groups (broad SMARTS) is 1. The van der Waals surface area contributed by atoms with E-state index in [0.29, 0.717) is 24.4 Å². The van der Waals surface area contributed by atoms with Crippen molar-refractivity contribution in [2.24, 2.45) is 0 Å². The minimum atomic E-state index is -0.999. The fourth-order valence-electron chi connectivity index (χ4n) is 2.79. The molecular weight excluding hydrogens is 287 g/mol. The van der Waals surface area contributed by atoms with Crippen molar-refractivity contribution < 1.29 is 19.0 Å². The lowest BCUT2D eigenvalue weighted by molar-refractivity contribution is -0.144. The molecule has 6 heteroatoms. The molecule has 5 nitrogen and oxygen atoms in total. The first-order valence-electron chi connectivity index (χ1n) is 7.20. The van der Waals surface area contributed by atoms with E-state index in [1.54, 1.807) is 0 Å². The van der Waals surface area contributed by atoms with Crippen LogP contribution in [-0.4, -0.2) is 60.7 Å². The zero-order valence-corrected chi connectivity index (χ0v) is 12.7. The summed E-state index contributed by atoms with van der Waals surface area (Å²) in [6, 6.07) is 3.07. The van der Waals surface area contributed by atoms with Crippen LogP contribution >= 0.6 is 0 Å². The lowest BCUT2D eigenvalue weighted by atomic mass is 10.0. The molecule has 1 fully saturated rings. The number of hydrogen-bond acceptors (Lipinski definition) is 4. The van der Waals surface area contributed by atoms with Crippen LogP contribution in [0.4, 0.5) is 4.39 Å². The number of benzene rings is 1. The third-order valence-electron chi connectivity index (χ3n) is 3.88. The van der Waals surface area contributed by atoms with Crippen LogP contribution < -0.4 is 4.74 Å². The van der Waals surface area contributed by atoms with Crippen molar-refractivity contribution in [2.45, 2.75) is 6.04 Å². The first-order valence-corrected chi connectivity index (χ1v) is 7.20. The molecule has 1 aromatic rings. The van der Waals surface area contributed by atoms with Gasteiger partial charge in [-0.3, -0.25) is 14.6 Å². The Morgan fingerprint density at radius 3 is 2.68 bits per heavy atom. The van der Waals surface area contributed by atoms with E-state index >= 15 is 0 Å². The van der Waals surface area contributed by atoms with Crippen molar-refractivity contribution in [3.63, 3.8) is 0 Å². The Bertz CT molecular complexity index is 542. The van der Waals surface area contributed by atoms with E-state index in [1.807, 2.05) is 11.0 Å². The summed E-state index contributed by atoms with van der Waals surface area (Å²) in [7, 11) is 1.46. The first-order chi connectivity index (χ1) is 10.6. The van der Waals surface area contributed by atoms with E-state index in [1.165, 1.54) is 25.3 Å². The van der Waals surface area contributed by atoms with Gasteiger partial charge >= 0.3 is 5.97 Å². The highest BCUT2D eigenvalue weighted by molar-refractivity contribution is 5.76. The van der Waals surface area contributed by atoms with Gasteiger partial charge in [-0.15, -0.1) is 6.58 Å². The molecule has 22 heavy (non-hydrogen) atoms. The van der Waals surface area contributed by atoms with E-state index in [2.05, 4.69) is 11.5 Å². The van der Waals surface area contributed by atoms with Crippen LogP contribution in [0.5, 0.6) is 5.75 Å². The van der Waals surface area contributed by atoms with Gasteiger partial charge in [0.25, 0.3) is 0 Å². The number of halogens is 1. The van der Waals surface area contributed by atoms with Gasteiger partial charge < -0.3 is 9.84 Å². The van der Waals surface area contributed by atoms with Crippen LogP contribution in [0.1, 0.15) is 11.6 Å². The fraction of sp³-hybridized carbons (Fsp3) is 0.438. The predicted octanol–water partition coefficient (Wildman–Crippen LogP) is 1.76. The number of hydrogen-bond donors (Lipinski definition) is 1. The topological polar surface area (TPSA) is 53.0 Å². The van der Waals surface area contributed by atoms with Gasteiger partial charge in [-0.05, 0) is 18.2 Å². The summed E-state index contributed by atoms with van der Waals surface area (Å²) < 4.78 is 18.8. The van der Waals surface area contributed by atoms with Crippen molar-refractivity contribution in [3.05, 3.63) is 42.2 Å². The van der Waals surface area contributed by atoms with E-state index in [0.717, 1.165) is 19.6 Å². The lowest BCUT2D eigenvalue weighted by Crippen LogP contribution is -2.49. The molecule has 1 N–H and O–H groups in total. The second kappa shape index (κ2) is 7.38. The maximum atomic E-state index is 13.6. The average Bonchev–Trinajstić information content (AvgIpc) is 2.49. The maximum Gasteiger partial charge on any atom is 0.325 e. The normalized spacial score (nSPS) is 17.9. The number of aliphatic carboxylic acids is 1. The number of methoxy groups -OCH3 is 1. The smallest absolute Gasteiger partial charge is 0.325 e. The van der Waals surface area contributed by atoms with Gasteiger partial charge in [0.15, 0.2) is 0 Å². The summed E-state index contributed by atoms with van der Waals surface area (Å²) in [6.45, 7) is 7.21. The molecule has 2 rings (SSSR count). The van der Waals surface area contributed by atoms with Gasteiger partial charge in [-0.1, -0.05) is 6.08 Å². The van der Waals surface area contributed by atoms with Crippen LogP contribution in [-0.2, 0) is 4.79 Å². The monoisotopic (exact) mass is 308 g/mol. The molecule has 1 heterocycles. The highest BCUT2D eigenvalue weighted by atomic mass is 19.1. The molecule has 0 aliphatic carbocycles. The van der Waals surface area contributed by atoms with Crippen LogP contribution in [0.3, 0.4) is 0 Å². The molecule has 0 spiro atoms. The summed E-state index contributed by atoms with van der Waals surface area (Å²) in [5.41, 5.74) is 0.354. The van der Waals surface area contributed by atoms with Gasteiger partial charge in [0.1, 0.15) is 17.6 Å². The Balaban J connectivity index is 2.23. The zero-order chi connectivity index (χ0) is 16.1. The Labute approximate surface area is 129 Å². The molecule has 1 unspecified atom stereocenters. The van der Waals surface area contributed by atoms with Crippen molar-refractivity contribution in [1.82, 2.24) is 9.80 Å². The Hall–Kier alpha value is -1.92. The summed E-state index contributed by atoms with van der Waals surface area (Å²) in [5.74, 6) is -1.07. The molecule has 1 atom stereocenters. The van der Waals surface area contributed by atoms with Crippen LogP contribution in [0.2, 0.25) is 0 Å². The number of rotatable bonds is 6. The van der Waals surface area contributed by atoms with Gasteiger partial charge in [0.05, 0.1) is 7.11 Å². The molecule has 0 aromatic heterocycles. The van der Waals surface area contributed by atoms with Gasteiger partial charge in [0.2, 0.25) is 0 Å². The molecule has 1 aliphatic rings. The van der Waals surface area contributed by atoms with Crippen LogP contribution in [0.25, 0.3) is 0 Å². The van der Waals surface area contributed by atoms with Crippen molar-refractivity contribution in [1.29, 1.82) is 0 Å². The molecule has 0 saturated carbocycles. The van der Waals surface area contributed by atoms with E-state index in [9.17, 15) is 14.3 Å². The fourth-order valence-corrected chi connectivity index (χ4v) is 2.79. The largest absolute Gasteiger partial charge is 0.496 e. The maximum absolute atomic E-state index is 13.6. The van der Waals surface area contributed by atoms with Gasteiger partial charge in [0, 0.05) is 38.3 Å². The minimum absolute atomic E-state index is 0.354. The molecule has 0 amide bonds.